The maximum Gasteiger partial charge on any atom is 0.235 e. The number of piperazine rings is 1. The van der Waals surface area contributed by atoms with Crippen LogP contribution in [0.4, 0.5) is 0 Å². The van der Waals surface area contributed by atoms with Gasteiger partial charge in [0.2, 0.25) is 17.6 Å². The summed E-state index contributed by atoms with van der Waals surface area (Å²) in [6.45, 7) is 9.04. The number of fused-ring (bicyclic) bond motifs is 1. The molecule has 1 N–H and O–H groups in total. The van der Waals surface area contributed by atoms with Crippen LogP contribution in [0, 0.1) is 0 Å². The van der Waals surface area contributed by atoms with Crippen molar-refractivity contribution in [1.82, 2.24) is 20.1 Å². The van der Waals surface area contributed by atoms with Gasteiger partial charge in [0.25, 0.3) is 0 Å². The summed E-state index contributed by atoms with van der Waals surface area (Å²) in [6.07, 6.45) is 5.46. The van der Waals surface area contributed by atoms with Gasteiger partial charge in [0.15, 0.2) is 5.76 Å². The fourth-order valence-corrected chi connectivity index (χ4v) is 6.38. The second kappa shape index (κ2) is 14.5. The second-order valence-electron chi connectivity index (χ2n) is 10.6. The topological polar surface area (TPSA) is 87.9 Å². The summed E-state index contributed by atoms with van der Waals surface area (Å²) in [5.41, 5.74) is 2.50. The Bertz CT molecular complexity index is 1480. The van der Waals surface area contributed by atoms with Crippen LogP contribution in [0.15, 0.2) is 88.3 Å². The first-order valence-electron chi connectivity index (χ1n) is 14.5. The molecular weight excluding hydrogens is 548 g/mol. The number of hydrogen-bond donors (Lipinski definition) is 1. The van der Waals surface area contributed by atoms with E-state index in [1.54, 1.807) is 17.0 Å². The van der Waals surface area contributed by atoms with Gasteiger partial charge in [0, 0.05) is 62.0 Å². The van der Waals surface area contributed by atoms with Crippen LogP contribution in [0.5, 0.6) is 5.75 Å². The molecule has 2 fully saturated rings. The van der Waals surface area contributed by atoms with Crippen LogP contribution in [0.2, 0.25) is 0 Å². The second-order valence-corrected chi connectivity index (χ2v) is 12.1. The molecule has 0 radical (unpaired) electrons. The van der Waals surface area contributed by atoms with Crippen LogP contribution in [0.25, 0.3) is 22.3 Å². The highest BCUT2D eigenvalue weighted by molar-refractivity contribution is 8.00. The third-order valence-corrected chi connectivity index (χ3v) is 9.19. The third kappa shape index (κ3) is 7.40. The van der Waals surface area contributed by atoms with Crippen molar-refractivity contribution in [3.8, 4) is 17.1 Å². The zero-order valence-electron chi connectivity index (χ0n) is 24.1. The monoisotopic (exact) mass is 586 g/mol. The van der Waals surface area contributed by atoms with Crippen molar-refractivity contribution >= 4 is 29.1 Å². The first-order chi connectivity index (χ1) is 20.5. The lowest BCUT2D eigenvalue weighted by Gasteiger charge is -2.32. The van der Waals surface area contributed by atoms with Crippen LogP contribution < -0.4 is 15.5 Å². The number of ether oxygens (including phenoxy) is 1. The number of carbonyl (C=O) groups is 1. The van der Waals surface area contributed by atoms with Crippen molar-refractivity contribution in [2.24, 2.45) is 0 Å². The van der Waals surface area contributed by atoms with Gasteiger partial charge in [-0.15, -0.1) is 11.8 Å². The minimum absolute atomic E-state index is 0.148. The summed E-state index contributed by atoms with van der Waals surface area (Å²) in [4.78, 5) is 32.1. The van der Waals surface area contributed by atoms with E-state index in [1.165, 1.54) is 5.56 Å². The summed E-state index contributed by atoms with van der Waals surface area (Å²) >= 11 is 1.98. The van der Waals surface area contributed by atoms with E-state index in [2.05, 4.69) is 35.1 Å². The Morgan fingerprint density at radius 3 is 2.48 bits per heavy atom. The highest BCUT2D eigenvalue weighted by Crippen LogP contribution is 2.37. The highest BCUT2D eigenvalue weighted by Gasteiger charge is 2.28. The van der Waals surface area contributed by atoms with Crippen molar-refractivity contribution in [3.05, 3.63) is 94.9 Å². The van der Waals surface area contributed by atoms with E-state index in [0.29, 0.717) is 40.0 Å². The Kier molecular flexibility index (Phi) is 10.3. The fraction of sp³-hybridized carbons (Fsp3) is 0.364. The average Bonchev–Trinajstić information content (AvgIpc) is 3.39. The van der Waals surface area contributed by atoms with Crippen molar-refractivity contribution < 1.29 is 13.9 Å². The molecule has 0 bridgehead atoms. The van der Waals surface area contributed by atoms with Gasteiger partial charge in [-0.05, 0) is 37.1 Å². The molecule has 2 aliphatic heterocycles. The summed E-state index contributed by atoms with van der Waals surface area (Å²) in [5.74, 6) is 0.731. The third-order valence-electron chi connectivity index (χ3n) is 7.67. The van der Waals surface area contributed by atoms with Crippen molar-refractivity contribution in [2.75, 3.05) is 39.3 Å². The molecule has 4 aromatic rings. The Morgan fingerprint density at radius 2 is 1.79 bits per heavy atom. The molecule has 9 heteroatoms. The number of nitrogens with one attached hydrogen (secondary N) is 1. The minimum atomic E-state index is -0.148. The maximum atomic E-state index is 13.1. The summed E-state index contributed by atoms with van der Waals surface area (Å²) in [5, 5.41) is 5.18. The van der Waals surface area contributed by atoms with E-state index in [0.717, 1.165) is 51.1 Å². The lowest BCUT2D eigenvalue weighted by molar-refractivity contribution is -0.119. The van der Waals surface area contributed by atoms with Crippen LogP contribution in [0.3, 0.4) is 0 Å². The fourth-order valence-electron chi connectivity index (χ4n) is 5.04. The predicted molar refractivity (Wildman–Crippen MR) is 169 cm³/mol. The van der Waals surface area contributed by atoms with E-state index in [-0.39, 0.29) is 11.2 Å². The van der Waals surface area contributed by atoms with Crippen LogP contribution >= 0.6 is 11.8 Å². The number of hydrogen-bond acceptors (Lipinski definition) is 8. The van der Waals surface area contributed by atoms with E-state index >= 15 is 0 Å². The molecule has 3 unspecified atom stereocenters. The number of rotatable bonds is 8. The molecular formula is C33H38N4O4S. The number of nitrogens with zero attached hydrogens (tertiary/aromatic N) is 3. The number of para-hydroxylation sites is 1. The van der Waals surface area contributed by atoms with Gasteiger partial charge in [0.1, 0.15) is 5.58 Å². The molecule has 6 rings (SSSR count). The number of pyridine rings is 1. The summed E-state index contributed by atoms with van der Waals surface area (Å²) < 4.78 is 12.0. The molecule has 3 atom stereocenters. The molecule has 1 amide bonds. The largest absolute Gasteiger partial charge is 0.486 e. The zero-order chi connectivity index (χ0) is 29.3. The number of amides is 1. The maximum absolute atomic E-state index is 13.1. The Labute approximate surface area is 251 Å². The molecule has 220 valence electrons. The quantitative estimate of drug-likeness (QED) is 0.223. The van der Waals surface area contributed by atoms with E-state index in [4.69, 9.17) is 9.15 Å². The standard InChI is InChI=1S/C23H24N2O4.C10H14N2S/c26-17-25-14-12-24(13-15-25)11-6-16-28-23-21(27)19-9-4-5-10-20(19)29-22(23)18-7-2-1-3-8-18;1-7-8(2)13-10(12-7)9-4-3-5-11-6-9/h1-5,7-10,17H,6,11-16H2;3-8,10,12H,1-2H3. The van der Waals surface area contributed by atoms with Crippen LogP contribution in [0.1, 0.15) is 31.2 Å². The van der Waals surface area contributed by atoms with Gasteiger partial charge >= 0.3 is 0 Å². The van der Waals surface area contributed by atoms with Crippen LogP contribution in [-0.4, -0.2) is 71.8 Å². The van der Waals surface area contributed by atoms with Gasteiger partial charge in [-0.1, -0.05) is 55.5 Å². The number of benzene rings is 2. The SMILES string of the molecule is CC1NC(c2cccnc2)SC1C.O=CN1CCN(CCCOc2c(-c3ccccc3)oc3ccccc3c2=O)CC1. The summed E-state index contributed by atoms with van der Waals surface area (Å²) in [7, 11) is 0. The first kappa shape index (κ1) is 29.8. The summed E-state index contributed by atoms with van der Waals surface area (Å²) in [6, 6.07) is 21.5. The smallest absolute Gasteiger partial charge is 0.235 e. The van der Waals surface area contributed by atoms with Crippen molar-refractivity contribution in [3.63, 3.8) is 0 Å². The van der Waals surface area contributed by atoms with Crippen molar-refractivity contribution in [1.29, 1.82) is 0 Å². The number of aromatic nitrogens is 1. The van der Waals surface area contributed by atoms with E-state index < -0.39 is 0 Å². The van der Waals surface area contributed by atoms with Gasteiger partial charge in [0.05, 0.1) is 17.4 Å². The molecule has 2 aliphatic rings. The molecule has 8 nitrogen and oxygen atoms in total. The van der Waals surface area contributed by atoms with Crippen molar-refractivity contribution in [2.45, 2.75) is 36.9 Å². The van der Waals surface area contributed by atoms with Crippen LogP contribution in [-0.2, 0) is 4.79 Å². The first-order valence-corrected chi connectivity index (χ1v) is 15.4. The van der Waals surface area contributed by atoms with E-state index in [9.17, 15) is 9.59 Å². The highest BCUT2D eigenvalue weighted by atomic mass is 32.2. The average molecular weight is 587 g/mol. The number of thioether (sulfide) groups is 1. The van der Waals surface area contributed by atoms with Gasteiger partial charge in [-0.25, -0.2) is 0 Å². The molecule has 2 saturated heterocycles. The number of carbonyl (C=O) groups excluding carboxylic acids is 1. The normalized spacial score (nSPS) is 20.6. The molecule has 0 aliphatic carbocycles. The molecule has 2 aromatic heterocycles. The van der Waals surface area contributed by atoms with Gasteiger partial charge < -0.3 is 14.1 Å². The molecule has 4 heterocycles. The molecule has 2 aromatic carbocycles. The predicted octanol–water partition coefficient (Wildman–Crippen LogP) is 5.20. The lowest BCUT2D eigenvalue weighted by atomic mass is 10.1. The molecule has 0 saturated carbocycles. The zero-order valence-corrected chi connectivity index (χ0v) is 25.0. The molecule has 42 heavy (non-hydrogen) atoms. The van der Waals surface area contributed by atoms with E-state index in [1.807, 2.05) is 72.7 Å². The Hall–Kier alpha value is -3.66. The van der Waals surface area contributed by atoms with Gasteiger partial charge in [-0.2, -0.15) is 0 Å². The van der Waals surface area contributed by atoms with Gasteiger partial charge in [-0.3, -0.25) is 24.8 Å². The minimum Gasteiger partial charge on any atom is -0.486 e. The lowest BCUT2D eigenvalue weighted by Crippen LogP contribution is -2.46. The Balaban J connectivity index is 0.000000226. The Morgan fingerprint density at radius 1 is 1.02 bits per heavy atom. The molecule has 0 spiro atoms.